The van der Waals surface area contributed by atoms with E-state index in [1.807, 2.05) is 0 Å². The molecule has 0 bridgehead atoms. The van der Waals surface area contributed by atoms with Crippen molar-refractivity contribution < 1.29 is 9.50 Å². The highest BCUT2D eigenvalue weighted by Gasteiger charge is 2.22. The van der Waals surface area contributed by atoms with Gasteiger partial charge in [0.2, 0.25) is 0 Å². The van der Waals surface area contributed by atoms with Crippen LogP contribution in [0.2, 0.25) is 5.15 Å². The average molecular weight is 269 g/mol. The van der Waals surface area contributed by atoms with E-state index in [4.69, 9.17) is 11.6 Å². The minimum absolute atomic E-state index is 0.322. The first-order chi connectivity index (χ1) is 8.41. The topological polar surface area (TPSA) is 38.1 Å². The van der Waals surface area contributed by atoms with E-state index in [1.165, 1.54) is 16.8 Å². The zero-order valence-corrected chi connectivity index (χ0v) is 11.2. The van der Waals surface area contributed by atoms with Crippen molar-refractivity contribution >= 4 is 11.6 Å². The third-order valence-electron chi connectivity index (χ3n) is 3.00. The predicted molar refractivity (Wildman–Crippen MR) is 68.2 cm³/mol. The van der Waals surface area contributed by atoms with Crippen LogP contribution in [0, 0.1) is 19.7 Å². The van der Waals surface area contributed by atoms with E-state index < -0.39 is 6.10 Å². The molecule has 0 aliphatic heterocycles. The highest BCUT2D eigenvalue weighted by molar-refractivity contribution is 6.30. The molecule has 0 spiro atoms. The van der Waals surface area contributed by atoms with Crippen LogP contribution in [0.1, 0.15) is 28.5 Å². The van der Waals surface area contributed by atoms with Gasteiger partial charge in [0.1, 0.15) is 17.1 Å². The lowest BCUT2D eigenvalue weighted by Gasteiger charge is -2.14. The molecule has 1 aromatic carbocycles. The van der Waals surface area contributed by atoms with Crippen molar-refractivity contribution in [3.05, 3.63) is 51.6 Å². The summed E-state index contributed by atoms with van der Waals surface area (Å²) in [7, 11) is 1.71. The zero-order valence-electron chi connectivity index (χ0n) is 10.4. The van der Waals surface area contributed by atoms with Gasteiger partial charge in [-0.3, -0.25) is 4.68 Å². The molecule has 1 heterocycles. The standard InChI is InChI=1S/C13H14ClFN2O/c1-7-6-9(15)4-5-10(7)12(18)11-8(2)16-17(3)13(11)14/h4-6,12,18H,1-3H3. The van der Waals surface area contributed by atoms with Gasteiger partial charge in [0.05, 0.1) is 5.69 Å². The summed E-state index contributed by atoms with van der Waals surface area (Å²) in [5.41, 5.74) is 2.55. The van der Waals surface area contributed by atoms with Gasteiger partial charge in [-0.05, 0) is 37.1 Å². The normalized spacial score (nSPS) is 12.8. The van der Waals surface area contributed by atoms with Crippen molar-refractivity contribution in [1.29, 1.82) is 0 Å². The van der Waals surface area contributed by atoms with E-state index in [0.29, 0.717) is 27.5 Å². The number of aliphatic hydroxyl groups is 1. The van der Waals surface area contributed by atoms with Crippen LogP contribution in [0.25, 0.3) is 0 Å². The molecule has 0 saturated carbocycles. The molecule has 0 fully saturated rings. The van der Waals surface area contributed by atoms with E-state index in [-0.39, 0.29) is 5.82 Å². The lowest BCUT2D eigenvalue weighted by Crippen LogP contribution is -2.04. The third-order valence-corrected chi connectivity index (χ3v) is 3.44. The minimum Gasteiger partial charge on any atom is -0.383 e. The molecule has 96 valence electrons. The van der Waals surface area contributed by atoms with Crippen molar-refractivity contribution in [2.24, 2.45) is 7.05 Å². The van der Waals surface area contributed by atoms with E-state index >= 15 is 0 Å². The van der Waals surface area contributed by atoms with Crippen LogP contribution in [0.15, 0.2) is 18.2 Å². The fourth-order valence-electron chi connectivity index (χ4n) is 2.06. The molecule has 3 nitrogen and oxygen atoms in total. The second-order valence-electron chi connectivity index (χ2n) is 4.32. The minimum atomic E-state index is -0.896. The number of aliphatic hydroxyl groups excluding tert-OH is 1. The number of aromatic nitrogens is 2. The molecule has 1 N–H and O–H groups in total. The Labute approximate surface area is 110 Å². The summed E-state index contributed by atoms with van der Waals surface area (Å²) >= 11 is 6.11. The van der Waals surface area contributed by atoms with Crippen LogP contribution in [-0.4, -0.2) is 14.9 Å². The van der Waals surface area contributed by atoms with Gasteiger partial charge in [0, 0.05) is 12.6 Å². The summed E-state index contributed by atoms with van der Waals surface area (Å²) in [5, 5.41) is 14.9. The van der Waals surface area contributed by atoms with Crippen molar-refractivity contribution in [2.75, 3.05) is 0 Å². The average Bonchev–Trinajstić information content (AvgIpc) is 2.52. The number of nitrogens with zero attached hydrogens (tertiary/aromatic N) is 2. The van der Waals surface area contributed by atoms with Crippen molar-refractivity contribution in [3.63, 3.8) is 0 Å². The summed E-state index contributed by atoms with van der Waals surface area (Å²) < 4.78 is 14.6. The Morgan fingerprint density at radius 1 is 1.39 bits per heavy atom. The van der Waals surface area contributed by atoms with Gasteiger partial charge in [-0.1, -0.05) is 17.7 Å². The predicted octanol–water partition coefficient (Wildman–Crippen LogP) is 2.91. The molecule has 0 amide bonds. The second-order valence-corrected chi connectivity index (χ2v) is 4.67. The molecule has 0 aliphatic rings. The number of benzene rings is 1. The molecular weight excluding hydrogens is 255 g/mol. The molecule has 2 rings (SSSR count). The van der Waals surface area contributed by atoms with Gasteiger partial charge >= 0.3 is 0 Å². The molecule has 18 heavy (non-hydrogen) atoms. The fourth-order valence-corrected chi connectivity index (χ4v) is 2.34. The summed E-state index contributed by atoms with van der Waals surface area (Å²) in [4.78, 5) is 0. The zero-order chi connectivity index (χ0) is 13.4. The van der Waals surface area contributed by atoms with E-state index in [9.17, 15) is 9.50 Å². The third kappa shape index (κ3) is 2.13. The molecule has 2 aromatic rings. The quantitative estimate of drug-likeness (QED) is 0.909. The van der Waals surface area contributed by atoms with Gasteiger partial charge in [0.15, 0.2) is 0 Å². The van der Waals surface area contributed by atoms with Crippen LogP contribution < -0.4 is 0 Å². The molecule has 0 radical (unpaired) electrons. The Bertz CT molecular complexity index is 595. The Hall–Kier alpha value is -1.39. The van der Waals surface area contributed by atoms with Crippen LogP contribution in [-0.2, 0) is 7.05 Å². The summed E-state index contributed by atoms with van der Waals surface area (Å²) in [5.74, 6) is -0.322. The van der Waals surface area contributed by atoms with Gasteiger partial charge in [-0.25, -0.2) is 4.39 Å². The van der Waals surface area contributed by atoms with Crippen LogP contribution in [0.4, 0.5) is 4.39 Å². The molecule has 1 unspecified atom stereocenters. The highest BCUT2D eigenvalue weighted by atomic mass is 35.5. The maximum Gasteiger partial charge on any atom is 0.133 e. The van der Waals surface area contributed by atoms with Crippen LogP contribution in [0.3, 0.4) is 0 Å². The Balaban J connectivity index is 2.51. The van der Waals surface area contributed by atoms with Crippen molar-refractivity contribution in [1.82, 2.24) is 9.78 Å². The van der Waals surface area contributed by atoms with Gasteiger partial charge in [0.25, 0.3) is 0 Å². The van der Waals surface area contributed by atoms with Gasteiger partial charge < -0.3 is 5.11 Å². The summed E-state index contributed by atoms with van der Waals surface area (Å²) in [6.07, 6.45) is -0.896. The Morgan fingerprint density at radius 2 is 2.06 bits per heavy atom. The molecular formula is C13H14ClFN2O. The smallest absolute Gasteiger partial charge is 0.133 e. The number of aryl methyl sites for hydroxylation is 3. The fraction of sp³-hybridized carbons (Fsp3) is 0.308. The number of hydrogen-bond acceptors (Lipinski definition) is 2. The number of hydrogen-bond donors (Lipinski definition) is 1. The highest BCUT2D eigenvalue weighted by Crippen LogP contribution is 2.32. The van der Waals surface area contributed by atoms with Crippen LogP contribution in [0.5, 0.6) is 0 Å². The SMILES string of the molecule is Cc1cc(F)ccc1C(O)c1c(C)nn(C)c1Cl. The lowest BCUT2D eigenvalue weighted by atomic mass is 9.98. The van der Waals surface area contributed by atoms with Crippen molar-refractivity contribution in [3.8, 4) is 0 Å². The first-order valence-corrected chi connectivity index (χ1v) is 5.92. The van der Waals surface area contributed by atoms with Gasteiger partial charge in [-0.15, -0.1) is 0 Å². The summed E-state index contributed by atoms with van der Waals surface area (Å²) in [6.45, 7) is 3.53. The molecule has 0 aliphatic carbocycles. The lowest BCUT2D eigenvalue weighted by molar-refractivity contribution is 0.218. The first-order valence-electron chi connectivity index (χ1n) is 5.55. The Kier molecular flexibility index (Phi) is 3.41. The monoisotopic (exact) mass is 268 g/mol. The maximum absolute atomic E-state index is 13.1. The second kappa shape index (κ2) is 4.71. The summed E-state index contributed by atoms with van der Waals surface area (Å²) in [6, 6.07) is 4.28. The maximum atomic E-state index is 13.1. The van der Waals surface area contributed by atoms with E-state index in [1.54, 1.807) is 27.0 Å². The molecule has 1 aromatic heterocycles. The van der Waals surface area contributed by atoms with Gasteiger partial charge in [-0.2, -0.15) is 5.10 Å². The molecule has 5 heteroatoms. The first kappa shape index (κ1) is 13.1. The van der Waals surface area contributed by atoms with Crippen LogP contribution >= 0.6 is 11.6 Å². The van der Waals surface area contributed by atoms with E-state index in [0.717, 1.165) is 0 Å². The number of halogens is 2. The Morgan fingerprint density at radius 3 is 2.56 bits per heavy atom. The molecule has 0 saturated heterocycles. The number of rotatable bonds is 2. The van der Waals surface area contributed by atoms with E-state index in [2.05, 4.69) is 5.10 Å². The molecule has 1 atom stereocenters. The van der Waals surface area contributed by atoms with Crippen molar-refractivity contribution in [2.45, 2.75) is 20.0 Å². The largest absolute Gasteiger partial charge is 0.383 e.